The Labute approximate surface area is 198 Å². The number of benzene rings is 2. The molecule has 0 nitrogen and oxygen atoms in total. The fourth-order valence-corrected chi connectivity index (χ4v) is 2.47. The van der Waals surface area contributed by atoms with Gasteiger partial charge in [-0.1, -0.05) is 87.4 Å². The van der Waals surface area contributed by atoms with Crippen LogP contribution < -0.4 is 0 Å². The quantitative estimate of drug-likeness (QED) is 0.346. The zero-order valence-electron chi connectivity index (χ0n) is 21.1. The van der Waals surface area contributed by atoms with Crippen molar-refractivity contribution in [2.75, 3.05) is 0 Å². The van der Waals surface area contributed by atoms with Gasteiger partial charge in [-0.2, -0.15) is 17.6 Å². The van der Waals surface area contributed by atoms with Crippen LogP contribution in [0, 0.1) is 13.8 Å². The molecule has 2 aromatic rings. The fraction of sp³-hybridized carbons (Fsp3) is 0.538. The van der Waals surface area contributed by atoms with E-state index < -0.39 is 36.5 Å². The largest absolute Gasteiger partial charge is 0.313 e. The maximum atomic E-state index is 13.0. The Balaban J connectivity index is 0. The molecule has 0 fully saturated rings. The lowest BCUT2D eigenvalue weighted by atomic mass is 10.0. The smallest absolute Gasteiger partial charge is 0.200 e. The van der Waals surface area contributed by atoms with E-state index in [0.717, 1.165) is 11.1 Å². The van der Waals surface area contributed by atoms with Crippen molar-refractivity contribution in [2.24, 2.45) is 0 Å². The van der Waals surface area contributed by atoms with Gasteiger partial charge in [0.15, 0.2) is 0 Å². The van der Waals surface area contributed by atoms with Gasteiger partial charge in [0.05, 0.1) is 0 Å². The summed E-state index contributed by atoms with van der Waals surface area (Å²) < 4.78 is 102. The van der Waals surface area contributed by atoms with Crippen molar-refractivity contribution < 1.29 is 35.1 Å². The molecule has 0 saturated heterocycles. The van der Waals surface area contributed by atoms with Crippen molar-refractivity contribution in [3.63, 3.8) is 0 Å². The summed E-state index contributed by atoms with van der Waals surface area (Å²) in [4.78, 5) is 0. The first-order valence-corrected chi connectivity index (χ1v) is 11.1. The molecule has 0 unspecified atom stereocenters. The second-order valence-corrected chi connectivity index (χ2v) is 7.52. The average Bonchev–Trinajstić information content (AvgIpc) is 2.69. The molecule has 0 amide bonds. The highest BCUT2D eigenvalue weighted by Gasteiger charge is 2.52. The molecule has 0 aromatic heterocycles. The van der Waals surface area contributed by atoms with Gasteiger partial charge in [0.1, 0.15) is 0 Å². The molecule has 0 radical (unpaired) electrons. The van der Waals surface area contributed by atoms with E-state index >= 15 is 0 Å². The van der Waals surface area contributed by atoms with E-state index in [2.05, 4.69) is 0 Å². The Morgan fingerprint density at radius 3 is 1.00 bits per heavy atom. The van der Waals surface area contributed by atoms with Gasteiger partial charge in [0.25, 0.3) is 0 Å². The standard InChI is InChI=1S/2C11H12F4.2C2H6/c2*1-8-4-3-5-9(6-8)7-11(14,15)10(2,12)13;2*1-2/h2*3-6H,7H2,1-2H3;2*1-2H3. The molecule has 196 valence electrons. The Morgan fingerprint density at radius 2 is 0.794 bits per heavy atom. The number of alkyl halides is 8. The topological polar surface area (TPSA) is 0 Å². The Bertz CT molecular complexity index is 749. The van der Waals surface area contributed by atoms with Crippen molar-refractivity contribution in [3.05, 3.63) is 70.8 Å². The predicted octanol–water partition coefficient (Wildman–Crippen LogP) is 9.71. The molecule has 0 aliphatic carbocycles. The van der Waals surface area contributed by atoms with E-state index in [-0.39, 0.29) is 25.0 Å². The second-order valence-electron chi connectivity index (χ2n) is 7.52. The Hall–Kier alpha value is -2.12. The van der Waals surface area contributed by atoms with Gasteiger partial charge in [-0.3, -0.25) is 0 Å². The molecule has 0 spiro atoms. The third kappa shape index (κ3) is 11.8. The normalized spacial score (nSPS) is 11.8. The molecule has 0 bridgehead atoms. The van der Waals surface area contributed by atoms with Gasteiger partial charge >= 0.3 is 23.7 Å². The van der Waals surface area contributed by atoms with Crippen LogP contribution in [0.5, 0.6) is 0 Å². The molecule has 0 heterocycles. The zero-order chi connectivity index (χ0) is 27.4. The maximum absolute atomic E-state index is 13.0. The van der Waals surface area contributed by atoms with Crippen molar-refractivity contribution in [3.8, 4) is 0 Å². The minimum atomic E-state index is -4.00. The van der Waals surface area contributed by atoms with E-state index in [1.165, 1.54) is 24.3 Å². The maximum Gasteiger partial charge on any atom is 0.313 e. The van der Waals surface area contributed by atoms with Gasteiger partial charge in [-0.25, -0.2) is 17.6 Å². The SMILES string of the molecule is CC.CC.Cc1cccc(CC(F)(F)C(C)(F)F)c1.Cc1cccc(CC(F)(F)C(C)(F)F)c1. The molecule has 0 N–H and O–H groups in total. The van der Waals surface area contributed by atoms with E-state index in [0.29, 0.717) is 0 Å². The molecular formula is C26H36F8. The lowest BCUT2D eigenvalue weighted by Gasteiger charge is -2.23. The molecule has 0 saturated carbocycles. The van der Waals surface area contributed by atoms with E-state index in [1.807, 2.05) is 27.7 Å². The van der Waals surface area contributed by atoms with E-state index in [1.54, 1.807) is 38.1 Å². The highest BCUT2D eigenvalue weighted by atomic mass is 19.3. The van der Waals surface area contributed by atoms with Crippen LogP contribution in [0.15, 0.2) is 48.5 Å². The summed E-state index contributed by atoms with van der Waals surface area (Å²) in [5, 5.41) is 0. The molecular weight excluding hydrogens is 464 g/mol. The molecule has 2 aromatic carbocycles. The fourth-order valence-electron chi connectivity index (χ4n) is 2.47. The van der Waals surface area contributed by atoms with Crippen LogP contribution in [-0.4, -0.2) is 23.7 Å². The predicted molar refractivity (Wildman–Crippen MR) is 124 cm³/mol. The molecule has 2 rings (SSSR count). The van der Waals surface area contributed by atoms with Crippen LogP contribution in [0.2, 0.25) is 0 Å². The monoisotopic (exact) mass is 500 g/mol. The van der Waals surface area contributed by atoms with Crippen LogP contribution in [0.25, 0.3) is 0 Å². The van der Waals surface area contributed by atoms with Crippen LogP contribution >= 0.6 is 0 Å². The highest BCUT2D eigenvalue weighted by molar-refractivity contribution is 5.24. The molecule has 0 aliphatic rings. The van der Waals surface area contributed by atoms with Crippen molar-refractivity contribution in [1.82, 2.24) is 0 Å². The Kier molecular flexibility index (Phi) is 14.3. The highest BCUT2D eigenvalue weighted by Crippen LogP contribution is 2.37. The average molecular weight is 501 g/mol. The number of hydrogen-bond acceptors (Lipinski definition) is 0. The second kappa shape index (κ2) is 14.3. The number of aryl methyl sites for hydroxylation is 2. The first kappa shape index (κ1) is 34.0. The lowest BCUT2D eigenvalue weighted by molar-refractivity contribution is -0.196. The first-order chi connectivity index (χ1) is 15.4. The third-order valence-corrected chi connectivity index (χ3v) is 4.30. The summed E-state index contributed by atoms with van der Waals surface area (Å²) in [5.41, 5.74) is 2.01. The van der Waals surface area contributed by atoms with Gasteiger partial charge in [0, 0.05) is 26.7 Å². The summed E-state index contributed by atoms with van der Waals surface area (Å²) in [6, 6.07) is 12.4. The van der Waals surface area contributed by atoms with E-state index in [9.17, 15) is 35.1 Å². The number of halogens is 8. The summed E-state index contributed by atoms with van der Waals surface area (Å²) in [6.07, 6.45) is -1.86. The number of rotatable bonds is 6. The minimum Gasteiger partial charge on any atom is -0.200 e. The molecule has 0 aliphatic heterocycles. The van der Waals surface area contributed by atoms with Crippen LogP contribution in [0.3, 0.4) is 0 Å². The summed E-state index contributed by atoms with van der Waals surface area (Å²) in [5.74, 6) is -16.0. The summed E-state index contributed by atoms with van der Waals surface area (Å²) in [6.45, 7) is 11.9. The Morgan fingerprint density at radius 1 is 0.529 bits per heavy atom. The van der Waals surface area contributed by atoms with Gasteiger partial charge in [-0.05, 0) is 25.0 Å². The molecule has 34 heavy (non-hydrogen) atoms. The zero-order valence-corrected chi connectivity index (χ0v) is 21.1. The van der Waals surface area contributed by atoms with Crippen LogP contribution in [0.1, 0.15) is 63.8 Å². The van der Waals surface area contributed by atoms with E-state index in [4.69, 9.17) is 0 Å². The first-order valence-electron chi connectivity index (χ1n) is 11.1. The summed E-state index contributed by atoms with van der Waals surface area (Å²) in [7, 11) is 0. The van der Waals surface area contributed by atoms with Gasteiger partial charge in [0.2, 0.25) is 0 Å². The summed E-state index contributed by atoms with van der Waals surface area (Å²) >= 11 is 0. The van der Waals surface area contributed by atoms with Crippen molar-refractivity contribution in [1.29, 1.82) is 0 Å². The van der Waals surface area contributed by atoms with Crippen molar-refractivity contribution in [2.45, 2.75) is 91.9 Å². The van der Waals surface area contributed by atoms with Gasteiger partial charge < -0.3 is 0 Å². The molecule has 0 atom stereocenters. The number of hydrogen-bond donors (Lipinski definition) is 0. The minimum absolute atomic E-state index is 0.224. The molecule has 8 heteroatoms. The van der Waals surface area contributed by atoms with Crippen molar-refractivity contribution >= 4 is 0 Å². The van der Waals surface area contributed by atoms with Crippen LogP contribution in [-0.2, 0) is 12.8 Å². The van der Waals surface area contributed by atoms with Crippen LogP contribution in [0.4, 0.5) is 35.1 Å². The third-order valence-electron chi connectivity index (χ3n) is 4.30. The van der Waals surface area contributed by atoms with Gasteiger partial charge in [-0.15, -0.1) is 0 Å². The lowest BCUT2D eigenvalue weighted by Crippen LogP contribution is -2.39.